The van der Waals surface area contributed by atoms with Crippen molar-refractivity contribution in [2.45, 2.75) is 41.5 Å². The molecule has 17 heavy (non-hydrogen) atoms. The number of fused-ring (bicyclic) bond motifs is 1. The molecule has 1 aromatic carbocycles. The third kappa shape index (κ3) is 3.45. The minimum Gasteiger partial charge on any atom is -0.352 e. The standard InChI is InChI=1S/C11H11NO.2C2H6/c1-7-9-5-3-4-6-10(9)12-11(7)8(2)13;2*1-2/h3-6,12H,1-2H3;2*1-2H3. The number of nitrogens with one attached hydrogen (secondary N) is 1. The van der Waals surface area contributed by atoms with Gasteiger partial charge in [0.25, 0.3) is 0 Å². The van der Waals surface area contributed by atoms with Gasteiger partial charge < -0.3 is 4.98 Å². The smallest absolute Gasteiger partial charge is 0.176 e. The zero-order chi connectivity index (χ0) is 13.4. The maximum absolute atomic E-state index is 11.2. The van der Waals surface area contributed by atoms with Gasteiger partial charge in [0.05, 0.1) is 5.69 Å². The molecule has 94 valence electrons. The predicted octanol–water partition coefficient (Wildman–Crippen LogP) is 4.73. The van der Waals surface area contributed by atoms with Crippen LogP contribution in [0.4, 0.5) is 0 Å². The van der Waals surface area contributed by atoms with E-state index in [1.807, 2.05) is 58.9 Å². The van der Waals surface area contributed by atoms with E-state index in [0.29, 0.717) is 0 Å². The molecule has 2 heteroatoms. The summed E-state index contributed by atoms with van der Waals surface area (Å²) in [7, 11) is 0. The van der Waals surface area contributed by atoms with Crippen molar-refractivity contribution < 1.29 is 4.79 Å². The molecule has 1 aromatic heterocycles. The highest BCUT2D eigenvalue weighted by Crippen LogP contribution is 2.21. The second-order valence-electron chi connectivity index (χ2n) is 3.23. The van der Waals surface area contributed by atoms with E-state index >= 15 is 0 Å². The molecule has 0 unspecified atom stereocenters. The normalized spacial score (nSPS) is 8.82. The highest BCUT2D eigenvalue weighted by molar-refractivity contribution is 6.00. The lowest BCUT2D eigenvalue weighted by molar-refractivity contribution is 0.101. The van der Waals surface area contributed by atoms with Crippen LogP contribution in [0, 0.1) is 6.92 Å². The molecule has 0 spiro atoms. The molecular weight excluding hydrogens is 210 g/mol. The van der Waals surface area contributed by atoms with Gasteiger partial charge >= 0.3 is 0 Å². The quantitative estimate of drug-likeness (QED) is 0.709. The number of rotatable bonds is 1. The topological polar surface area (TPSA) is 32.9 Å². The minimum atomic E-state index is 0.0914. The van der Waals surface area contributed by atoms with Crippen LogP contribution in [0.5, 0.6) is 0 Å². The molecule has 0 atom stereocenters. The molecule has 1 N–H and O–H groups in total. The Hall–Kier alpha value is -1.57. The summed E-state index contributed by atoms with van der Waals surface area (Å²) in [6, 6.07) is 7.94. The molecule has 2 rings (SSSR count). The van der Waals surface area contributed by atoms with Crippen LogP contribution < -0.4 is 0 Å². The number of benzene rings is 1. The van der Waals surface area contributed by atoms with Gasteiger partial charge in [-0.3, -0.25) is 4.79 Å². The lowest BCUT2D eigenvalue weighted by Crippen LogP contribution is -1.93. The molecule has 1 heterocycles. The van der Waals surface area contributed by atoms with Crippen molar-refractivity contribution in [2.24, 2.45) is 0 Å². The molecular formula is C15H23NO. The van der Waals surface area contributed by atoms with Crippen molar-refractivity contribution in [3.63, 3.8) is 0 Å². The molecule has 0 bridgehead atoms. The fourth-order valence-corrected chi connectivity index (χ4v) is 1.63. The van der Waals surface area contributed by atoms with Crippen LogP contribution in [-0.4, -0.2) is 10.8 Å². The summed E-state index contributed by atoms with van der Waals surface area (Å²) in [4.78, 5) is 14.3. The predicted molar refractivity (Wildman–Crippen MR) is 75.7 cm³/mol. The largest absolute Gasteiger partial charge is 0.352 e. The van der Waals surface area contributed by atoms with Crippen LogP contribution in [0.25, 0.3) is 10.9 Å². The number of carbonyl (C=O) groups excluding carboxylic acids is 1. The number of carbonyl (C=O) groups is 1. The first kappa shape index (κ1) is 15.4. The monoisotopic (exact) mass is 233 g/mol. The van der Waals surface area contributed by atoms with Gasteiger partial charge in [0.15, 0.2) is 5.78 Å². The molecule has 0 aliphatic carbocycles. The number of para-hydroxylation sites is 1. The molecule has 0 amide bonds. The molecule has 0 saturated heterocycles. The Morgan fingerprint density at radius 3 is 2.06 bits per heavy atom. The third-order valence-corrected chi connectivity index (χ3v) is 2.32. The maximum atomic E-state index is 11.2. The van der Waals surface area contributed by atoms with E-state index in [1.165, 1.54) is 0 Å². The molecule has 0 saturated carbocycles. The van der Waals surface area contributed by atoms with Crippen molar-refractivity contribution in [3.05, 3.63) is 35.5 Å². The average molecular weight is 233 g/mol. The highest BCUT2D eigenvalue weighted by atomic mass is 16.1. The van der Waals surface area contributed by atoms with E-state index in [4.69, 9.17) is 0 Å². The summed E-state index contributed by atoms with van der Waals surface area (Å²) in [6.45, 7) is 11.5. The number of aryl methyl sites for hydroxylation is 1. The van der Waals surface area contributed by atoms with E-state index in [9.17, 15) is 4.79 Å². The zero-order valence-electron chi connectivity index (χ0n) is 11.7. The Kier molecular flexibility index (Phi) is 6.95. The molecule has 0 fully saturated rings. The van der Waals surface area contributed by atoms with Gasteiger partial charge in [-0.2, -0.15) is 0 Å². The zero-order valence-corrected chi connectivity index (χ0v) is 11.7. The fourth-order valence-electron chi connectivity index (χ4n) is 1.63. The highest BCUT2D eigenvalue weighted by Gasteiger charge is 2.09. The molecule has 0 aliphatic rings. The molecule has 2 nitrogen and oxygen atoms in total. The van der Waals surface area contributed by atoms with Crippen molar-refractivity contribution in [1.29, 1.82) is 0 Å². The van der Waals surface area contributed by atoms with E-state index in [2.05, 4.69) is 4.98 Å². The van der Waals surface area contributed by atoms with Crippen LogP contribution in [0.2, 0.25) is 0 Å². The van der Waals surface area contributed by atoms with Crippen molar-refractivity contribution in [2.75, 3.05) is 0 Å². The second-order valence-corrected chi connectivity index (χ2v) is 3.23. The molecule has 0 aliphatic heterocycles. The van der Waals surface area contributed by atoms with Gasteiger partial charge in [0.2, 0.25) is 0 Å². The average Bonchev–Trinajstić information content (AvgIpc) is 2.73. The SMILES string of the molecule is CC.CC.CC(=O)c1[nH]c2ccccc2c1C. The minimum absolute atomic E-state index is 0.0914. The Morgan fingerprint density at radius 1 is 1.06 bits per heavy atom. The summed E-state index contributed by atoms with van der Waals surface area (Å²) in [6.07, 6.45) is 0. The summed E-state index contributed by atoms with van der Waals surface area (Å²) in [5.74, 6) is 0.0914. The lowest BCUT2D eigenvalue weighted by Gasteiger charge is -1.90. The summed E-state index contributed by atoms with van der Waals surface area (Å²) in [5.41, 5.74) is 2.80. The Morgan fingerprint density at radius 2 is 1.59 bits per heavy atom. The first-order valence-electron chi connectivity index (χ1n) is 6.28. The number of hydrogen-bond acceptors (Lipinski definition) is 1. The Balaban J connectivity index is 0.000000581. The first-order chi connectivity index (χ1) is 8.20. The number of aromatic nitrogens is 1. The van der Waals surface area contributed by atoms with Crippen LogP contribution >= 0.6 is 0 Å². The van der Waals surface area contributed by atoms with Gasteiger partial charge in [-0.05, 0) is 18.6 Å². The van der Waals surface area contributed by atoms with Crippen LogP contribution in [0.3, 0.4) is 0 Å². The molecule has 0 radical (unpaired) electrons. The Bertz CT molecular complexity index is 469. The van der Waals surface area contributed by atoms with E-state index in [1.54, 1.807) is 6.92 Å². The maximum Gasteiger partial charge on any atom is 0.176 e. The van der Waals surface area contributed by atoms with Gasteiger partial charge in [0, 0.05) is 17.8 Å². The summed E-state index contributed by atoms with van der Waals surface area (Å²) < 4.78 is 0. The first-order valence-corrected chi connectivity index (χ1v) is 6.28. The van der Waals surface area contributed by atoms with Gasteiger partial charge in [-0.15, -0.1) is 0 Å². The fraction of sp³-hybridized carbons (Fsp3) is 0.400. The lowest BCUT2D eigenvalue weighted by atomic mass is 10.1. The molecule has 2 aromatic rings. The number of aromatic amines is 1. The van der Waals surface area contributed by atoms with Crippen molar-refractivity contribution >= 4 is 16.7 Å². The van der Waals surface area contributed by atoms with Crippen LogP contribution in [0.15, 0.2) is 24.3 Å². The number of Topliss-reactive ketones (excluding diaryl/α,β-unsaturated/α-hetero) is 1. The van der Waals surface area contributed by atoms with E-state index in [-0.39, 0.29) is 5.78 Å². The van der Waals surface area contributed by atoms with Crippen LogP contribution in [0.1, 0.15) is 50.7 Å². The second kappa shape index (κ2) is 7.66. The number of ketones is 1. The Labute approximate surface area is 104 Å². The summed E-state index contributed by atoms with van der Waals surface area (Å²) in [5, 5.41) is 1.13. The van der Waals surface area contributed by atoms with E-state index in [0.717, 1.165) is 22.2 Å². The number of hydrogen-bond donors (Lipinski definition) is 1. The third-order valence-electron chi connectivity index (χ3n) is 2.32. The number of H-pyrrole nitrogens is 1. The van der Waals surface area contributed by atoms with Crippen molar-refractivity contribution in [3.8, 4) is 0 Å². The van der Waals surface area contributed by atoms with Crippen LogP contribution in [-0.2, 0) is 0 Å². The van der Waals surface area contributed by atoms with Crippen molar-refractivity contribution in [1.82, 2.24) is 4.98 Å². The van der Waals surface area contributed by atoms with Gasteiger partial charge in [-0.25, -0.2) is 0 Å². The van der Waals surface area contributed by atoms with Gasteiger partial charge in [-0.1, -0.05) is 45.9 Å². The summed E-state index contributed by atoms with van der Waals surface area (Å²) >= 11 is 0. The van der Waals surface area contributed by atoms with E-state index < -0.39 is 0 Å². The van der Waals surface area contributed by atoms with Gasteiger partial charge in [0.1, 0.15) is 0 Å².